The molecule has 1 N–H and O–H groups in total. The van der Waals surface area contributed by atoms with Crippen molar-refractivity contribution in [2.45, 2.75) is 6.54 Å². The highest BCUT2D eigenvalue weighted by molar-refractivity contribution is 9.10. The van der Waals surface area contributed by atoms with Crippen molar-refractivity contribution >= 4 is 27.5 Å². The number of hydrogen-bond acceptors (Lipinski definition) is 4. The molecule has 4 rings (SSSR count). The van der Waals surface area contributed by atoms with Crippen molar-refractivity contribution in [2.75, 3.05) is 18.5 Å². The van der Waals surface area contributed by atoms with Gasteiger partial charge in [0.15, 0.2) is 11.5 Å². The molecule has 1 aromatic heterocycles. The number of nitrogens with one attached hydrogen (secondary N) is 1. The van der Waals surface area contributed by atoms with Crippen LogP contribution in [0.2, 0.25) is 0 Å². The minimum absolute atomic E-state index is 0.171. The summed E-state index contributed by atoms with van der Waals surface area (Å²) in [5, 5.41) is 7.11. The molecular weight excluding hydrogens is 398 g/mol. The topological polar surface area (TPSA) is 65.4 Å². The fourth-order valence-electron chi connectivity index (χ4n) is 2.70. The summed E-state index contributed by atoms with van der Waals surface area (Å²) >= 11 is 3.38. The lowest BCUT2D eigenvalue weighted by atomic mass is 10.1. The summed E-state index contributed by atoms with van der Waals surface area (Å²) in [4.78, 5) is 12.4. The van der Waals surface area contributed by atoms with Crippen LogP contribution in [0, 0.1) is 0 Å². The molecule has 3 aromatic rings. The van der Waals surface area contributed by atoms with Crippen molar-refractivity contribution in [3.63, 3.8) is 0 Å². The smallest absolute Gasteiger partial charge is 0.255 e. The lowest BCUT2D eigenvalue weighted by Gasteiger charge is -2.19. The third kappa shape index (κ3) is 3.72. The molecule has 132 valence electrons. The predicted molar refractivity (Wildman–Crippen MR) is 101 cm³/mol. The van der Waals surface area contributed by atoms with Gasteiger partial charge in [-0.25, -0.2) is 0 Å². The van der Waals surface area contributed by atoms with Crippen LogP contribution in [0.5, 0.6) is 11.5 Å². The van der Waals surface area contributed by atoms with E-state index in [0.29, 0.717) is 42.5 Å². The van der Waals surface area contributed by atoms with Crippen LogP contribution in [0.25, 0.3) is 0 Å². The van der Waals surface area contributed by atoms with Crippen molar-refractivity contribution in [1.82, 2.24) is 9.78 Å². The van der Waals surface area contributed by atoms with E-state index in [9.17, 15) is 4.79 Å². The number of benzene rings is 2. The Hall–Kier alpha value is -2.80. The molecule has 1 aliphatic rings. The van der Waals surface area contributed by atoms with E-state index in [4.69, 9.17) is 9.47 Å². The Bertz CT molecular complexity index is 937. The van der Waals surface area contributed by atoms with Crippen LogP contribution in [0.3, 0.4) is 0 Å². The van der Waals surface area contributed by atoms with Gasteiger partial charge < -0.3 is 14.8 Å². The molecule has 1 aliphatic heterocycles. The van der Waals surface area contributed by atoms with Crippen molar-refractivity contribution < 1.29 is 14.3 Å². The summed E-state index contributed by atoms with van der Waals surface area (Å²) < 4.78 is 13.8. The van der Waals surface area contributed by atoms with Crippen LogP contribution in [0.4, 0.5) is 5.69 Å². The second-order valence-electron chi connectivity index (χ2n) is 5.87. The third-order valence-electron chi connectivity index (χ3n) is 3.96. The van der Waals surface area contributed by atoms with Gasteiger partial charge in [-0.3, -0.25) is 9.48 Å². The first kappa shape index (κ1) is 16.7. The van der Waals surface area contributed by atoms with Crippen molar-refractivity contribution in [3.8, 4) is 11.5 Å². The number of carbonyl (C=O) groups is 1. The van der Waals surface area contributed by atoms with E-state index in [1.807, 2.05) is 23.0 Å². The Kier molecular flexibility index (Phi) is 4.62. The maximum atomic E-state index is 12.4. The maximum absolute atomic E-state index is 12.4. The number of ether oxygens (including phenoxy) is 2. The second kappa shape index (κ2) is 7.21. The van der Waals surface area contributed by atoms with Crippen LogP contribution in [0.15, 0.2) is 59.3 Å². The number of rotatable bonds is 4. The first-order valence-corrected chi connectivity index (χ1v) is 8.94. The van der Waals surface area contributed by atoms with Crippen LogP contribution in [-0.4, -0.2) is 28.9 Å². The molecule has 0 aliphatic carbocycles. The standard InChI is InChI=1S/C19H16BrN3O3/c20-15-10-21-23(12-15)11-13-1-3-14(4-2-13)19(24)22-16-5-6-17-18(9-16)26-8-7-25-17/h1-6,9-10,12H,7-8,11H2,(H,22,24). The summed E-state index contributed by atoms with van der Waals surface area (Å²) in [5.41, 5.74) is 2.33. The van der Waals surface area contributed by atoms with Crippen LogP contribution >= 0.6 is 15.9 Å². The van der Waals surface area contributed by atoms with Gasteiger partial charge in [0, 0.05) is 23.5 Å². The Labute approximate surface area is 158 Å². The second-order valence-corrected chi connectivity index (χ2v) is 6.78. The average molecular weight is 414 g/mol. The van der Waals surface area contributed by atoms with Crippen LogP contribution < -0.4 is 14.8 Å². The number of fused-ring (bicyclic) bond motifs is 1. The molecule has 0 bridgehead atoms. The van der Waals surface area contributed by atoms with Gasteiger partial charge in [-0.15, -0.1) is 0 Å². The average Bonchev–Trinajstić information content (AvgIpc) is 3.07. The molecule has 0 spiro atoms. The van der Waals surface area contributed by atoms with Gasteiger partial charge in [-0.2, -0.15) is 5.10 Å². The van der Waals surface area contributed by atoms with Gasteiger partial charge in [0.2, 0.25) is 0 Å². The van der Waals surface area contributed by atoms with Crippen LogP contribution in [-0.2, 0) is 6.54 Å². The molecule has 0 saturated heterocycles. The highest BCUT2D eigenvalue weighted by Gasteiger charge is 2.13. The van der Waals surface area contributed by atoms with Crippen molar-refractivity contribution in [1.29, 1.82) is 0 Å². The summed E-state index contributed by atoms with van der Waals surface area (Å²) in [6, 6.07) is 12.8. The van der Waals surface area contributed by atoms with Gasteiger partial charge in [0.1, 0.15) is 13.2 Å². The van der Waals surface area contributed by atoms with E-state index < -0.39 is 0 Å². The van der Waals surface area contributed by atoms with Crippen LogP contribution in [0.1, 0.15) is 15.9 Å². The molecule has 7 heteroatoms. The van der Waals surface area contributed by atoms with Gasteiger partial charge in [0.05, 0.1) is 17.2 Å². The lowest BCUT2D eigenvalue weighted by Crippen LogP contribution is -2.16. The quantitative estimate of drug-likeness (QED) is 0.707. The first-order chi connectivity index (χ1) is 12.7. The highest BCUT2D eigenvalue weighted by Crippen LogP contribution is 2.32. The van der Waals surface area contributed by atoms with Crippen molar-refractivity contribution in [2.24, 2.45) is 0 Å². The molecule has 2 aromatic carbocycles. The summed E-state index contributed by atoms with van der Waals surface area (Å²) in [7, 11) is 0. The molecule has 1 amide bonds. The fourth-order valence-corrected chi connectivity index (χ4v) is 3.03. The van der Waals surface area contributed by atoms with E-state index in [-0.39, 0.29) is 5.91 Å². The van der Waals surface area contributed by atoms with Gasteiger partial charge in [-0.05, 0) is 45.8 Å². The molecule has 0 fully saturated rings. The molecule has 0 unspecified atom stereocenters. The third-order valence-corrected chi connectivity index (χ3v) is 4.37. The number of hydrogen-bond donors (Lipinski definition) is 1. The zero-order valence-corrected chi connectivity index (χ0v) is 15.4. The lowest BCUT2D eigenvalue weighted by molar-refractivity contribution is 0.102. The molecule has 0 atom stereocenters. The van der Waals surface area contributed by atoms with E-state index in [1.165, 1.54) is 0 Å². The van der Waals surface area contributed by atoms with E-state index >= 15 is 0 Å². The van der Waals surface area contributed by atoms with E-state index in [2.05, 4.69) is 26.3 Å². The minimum Gasteiger partial charge on any atom is -0.486 e. The van der Waals surface area contributed by atoms with Crippen molar-refractivity contribution in [3.05, 3.63) is 70.5 Å². The molecule has 26 heavy (non-hydrogen) atoms. The monoisotopic (exact) mass is 413 g/mol. The fraction of sp³-hybridized carbons (Fsp3) is 0.158. The predicted octanol–water partition coefficient (Wildman–Crippen LogP) is 3.72. The number of carbonyl (C=O) groups excluding carboxylic acids is 1. The number of amides is 1. The zero-order valence-electron chi connectivity index (χ0n) is 13.8. The number of anilines is 1. The minimum atomic E-state index is -0.171. The summed E-state index contributed by atoms with van der Waals surface area (Å²) in [6.07, 6.45) is 3.65. The largest absolute Gasteiger partial charge is 0.486 e. The Morgan fingerprint density at radius 1 is 1.12 bits per heavy atom. The summed E-state index contributed by atoms with van der Waals surface area (Å²) in [5.74, 6) is 1.17. The van der Waals surface area contributed by atoms with Gasteiger partial charge >= 0.3 is 0 Å². The molecule has 6 nitrogen and oxygen atoms in total. The number of nitrogens with zero attached hydrogens (tertiary/aromatic N) is 2. The molecular formula is C19H16BrN3O3. The Balaban J connectivity index is 1.43. The van der Waals surface area contributed by atoms with E-state index in [0.717, 1.165) is 10.0 Å². The SMILES string of the molecule is O=C(Nc1ccc2c(c1)OCCO2)c1ccc(Cn2cc(Br)cn2)cc1. The highest BCUT2D eigenvalue weighted by atomic mass is 79.9. The number of aromatic nitrogens is 2. The first-order valence-electron chi connectivity index (χ1n) is 8.15. The summed E-state index contributed by atoms with van der Waals surface area (Å²) in [6.45, 7) is 1.70. The van der Waals surface area contributed by atoms with Gasteiger partial charge in [-0.1, -0.05) is 12.1 Å². The molecule has 2 heterocycles. The van der Waals surface area contributed by atoms with E-state index in [1.54, 1.807) is 36.5 Å². The zero-order chi connectivity index (χ0) is 17.9. The molecule has 0 saturated carbocycles. The maximum Gasteiger partial charge on any atom is 0.255 e. The number of halogens is 1. The van der Waals surface area contributed by atoms with Gasteiger partial charge in [0.25, 0.3) is 5.91 Å². The molecule has 0 radical (unpaired) electrons. The Morgan fingerprint density at radius 3 is 2.62 bits per heavy atom. The normalized spacial score (nSPS) is 12.7. The Morgan fingerprint density at radius 2 is 1.88 bits per heavy atom.